The molecule has 1 aromatic carbocycles. The lowest BCUT2D eigenvalue weighted by Gasteiger charge is -2.38. The predicted octanol–water partition coefficient (Wildman–Crippen LogP) is 2.98. The van der Waals surface area contributed by atoms with Crippen LogP contribution in [0, 0.1) is 17.3 Å². The third-order valence-electron chi connectivity index (χ3n) is 5.56. The van der Waals surface area contributed by atoms with Crippen molar-refractivity contribution in [2.24, 2.45) is 17.3 Å². The number of nitrogens with one attached hydrogen (secondary N) is 1. The fourth-order valence-corrected chi connectivity index (χ4v) is 4.59. The van der Waals surface area contributed by atoms with Crippen LogP contribution in [0.5, 0.6) is 5.75 Å². The fourth-order valence-electron chi connectivity index (χ4n) is 4.59. The zero-order valence-corrected chi connectivity index (χ0v) is 13.0. The van der Waals surface area contributed by atoms with E-state index in [1.807, 2.05) is 12.1 Å². The summed E-state index contributed by atoms with van der Waals surface area (Å²) in [6, 6.07) is 7.79. The molecule has 3 unspecified atom stereocenters. The molecule has 0 aliphatic heterocycles. The number of rotatable bonds is 7. The molecule has 0 saturated heterocycles. The van der Waals surface area contributed by atoms with E-state index in [2.05, 4.69) is 17.4 Å². The van der Waals surface area contributed by atoms with Crippen LogP contribution >= 0.6 is 0 Å². The molecule has 2 saturated carbocycles. The largest absolute Gasteiger partial charge is 0.508 e. The highest BCUT2D eigenvalue weighted by atomic mass is 16.5. The van der Waals surface area contributed by atoms with Gasteiger partial charge in [0.2, 0.25) is 0 Å². The van der Waals surface area contributed by atoms with Gasteiger partial charge in [0.05, 0.1) is 6.61 Å². The number of ether oxygens (including phenoxy) is 1. The van der Waals surface area contributed by atoms with Gasteiger partial charge in [0.15, 0.2) is 0 Å². The van der Waals surface area contributed by atoms with Crippen LogP contribution in [0.15, 0.2) is 24.3 Å². The van der Waals surface area contributed by atoms with Gasteiger partial charge < -0.3 is 15.2 Å². The zero-order chi connectivity index (χ0) is 14.7. The van der Waals surface area contributed by atoms with Gasteiger partial charge in [-0.15, -0.1) is 0 Å². The van der Waals surface area contributed by atoms with Crippen molar-refractivity contribution in [1.82, 2.24) is 5.32 Å². The lowest BCUT2D eigenvalue weighted by molar-refractivity contribution is 0.145. The van der Waals surface area contributed by atoms with Crippen LogP contribution in [0.3, 0.4) is 0 Å². The van der Waals surface area contributed by atoms with Gasteiger partial charge in [-0.25, -0.2) is 0 Å². The van der Waals surface area contributed by atoms with Crippen molar-refractivity contribution in [3.05, 3.63) is 29.8 Å². The fraction of sp³-hybridized carbons (Fsp3) is 0.667. The molecule has 3 nitrogen and oxygen atoms in total. The van der Waals surface area contributed by atoms with E-state index in [0.717, 1.165) is 38.0 Å². The van der Waals surface area contributed by atoms with Crippen LogP contribution in [0.2, 0.25) is 0 Å². The van der Waals surface area contributed by atoms with Gasteiger partial charge in [-0.3, -0.25) is 0 Å². The topological polar surface area (TPSA) is 41.5 Å². The van der Waals surface area contributed by atoms with Crippen LogP contribution in [0.25, 0.3) is 0 Å². The summed E-state index contributed by atoms with van der Waals surface area (Å²) in [5, 5.41) is 13.1. The Balaban J connectivity index is 1.69. The summed E-state index contributed by atoms with van der Waals surface area (Å²) in [5.41, 5.74) is 1.77. The second-order valence-electron chi connectivity index (χ2n) is 6.96. The number of phenols is 1. The highest BCUT2D eigenvalue weighted by Crippen LogP contribution is 2.57. The van der Waals surface area contributed by atoms with Crippen molar-refractivity contribution >= 4 is 0 Å². The molecule has 2 N–H and O–H groups in total. The van der Waals surface area contributed by atoms with Crippen LogP contribution < -0.4 is 5.32 Å². The molecule has 3 atom stereocenters. The van der Waals surface area contributed by atoms with Crippen molar-refractivity contribution in [3.8, 4) is 5.75 Å². The minimum absolute atomic E-state index is 0.360. The van der Waals surface area contributed by atoms with E-state index in [1.54, 1.807) is 7.11 Å². The number of benzene rings is 1. The summed E-state index contributed by atoms with van der Waals surface area (Å²) in [6.07, 6.45) is 6.74. The molecule has 0 spiro atoms. The van der Waals surface area contributed by atoms with Gasteiger partial charge in [-0.1, -0.05) is 18.6 Å². The van der Waals surface area contributed by atoms with Crippen LogP contribution in [-0.4, -0.2) is 31.9 Å². The Hall–Kier alpha value is -1.06. The van der Waals surface area contributed by atoms with E-state index in [-0.39, 0.29) is 0 Å². The maximum absolute atomic E-state index is 9.46. The summed E-state index contributed by atoms with van der Waals surface area (Å²) in [4.78, 5) is 0. The second-order valence-corrected chi connectivity index (χ2v) is 6.96. The molecule has 2 aliphatic rings. The Bertz CT molecular complexity index is 459. The number of hydrogen-bond acceptors (Lipinski definition) is 3. The molecule has 2 bridgehead atoms. The Labute approximate surface area is 127 Å². The van der Waals surface area contributed by atoms with Crippen molar-refractivity contribution < 1.29 is 9.84 Å². The lowest BCUT2D eigenvalue weighted by Crippen LogP contribution is -2.41. The van der Waals surface area contributed by atoms with Gasteiger partial charge in [-0.05, 0) is 60.6 Å². The number of fused-ring (bicyclic) bond motifs is 2. The molecule has 21 heavy (non-hydrogen) atoms. The summed E-state index contributed by atoms with van der Waals surface area (Å²) < 4.78 is 5.14. The molecular weight excluding hydrogens is 262 g/mol. The van der Waals surface area contributed by atoms with E-state index in [9.17, 15) is 5.11 Å². The molecule has 2 fully saturated rings. The molecule has 0 radical (unpaired) electrons. The predicted molar refractivity (Wildman–Crippen MR) is 84.4 cm³/mol. The van der Waals surface area contributed by atoms with E-state index in [0.29, 0.717) is 11.2 Å². The average molecular weight is 289 g/mol. The molecule has 116 valence electrons. The smallest absolute Gasteiger partial charge is 0.115 e. The minimum Gasteiger partial charge on any atom is -0.508 e. The summed E-state index contributed by atoms with van der Waals surface area (Å²) >= 11 is 0. The lowest BCUT2D eigenvalue weighted by atomic mass is 9.69. The quantitative estimate of drug-likeness (QED) is 0.758. The Kier molecular flexibility index (Phi) is 4.51. The van der Waals surface area contributed by atoms with Gasteiger partial charge in [0.25, 0.3) is 0 Å². The first-order chi connectivity index (χ1) is 10.2. The van der Waals surface area contributed by atoms with E-state index in [4.69, 9.17) is 4.74 Å². The van der Waals surface area contributed by atoms with Crippen molar-refractivity contribution in [3.63, 3.8) is 0 Å². The molecule has 1 aromatic rings. The normalized spacial score (nSPS) is 30.9. The van der Waals surface area contributed by atoms with Crippen LogP contribution in [0.1, 0.15) is 31.2 Å². The number of aromatic hydroxyl groups is 1. The average Bonchev–Trinajstić information content (AvgIpc) is 3.07. The molecule has 0 aromatic heterocycles. The SMILES string of the molecule is COCCNCC1(Cc2ccc(O)cc2)CC2CCC1C2. The molecular formula is C18H27NO2. The van der Waals surface area contributed by atoms with Crippen molar-refractivity contribution in [2.45, 2.75) is 32.1 Å². The monoisotopic (exact) mass is 289 g/mol. The van der Waals surface area contributed by atoms with Gasteiger partial charge in [0, 0.05) is 20.2 Å². The van der Waals surface area contributed by atoms with Crippen LogP contribution in [0.4, 0.5) is 0 Å². The first-order valence-corrected chi connectivity index (χ1v) is 8.19. The number of hydrogen-bond donors (Lipinski definition) is 2. The van der Waals surface area contributed by atoms with Crippen molar-refractivity contribution in [1.29, 1.82) is 0 Å². The Morgan fingerprint density at radius 1 is 1.29 bits per heavy atom. The number of methoxy groups -OCH3 is 1. The van der Waals surface area contributed by atoms with E-state index in [1.165, 1.54) is 31.2 Å². The number of phenolic OH excluding ortho intramolecular Hbond substituents is 1. The minimum atomic E-state index is 0.360. The molecule has 3 heteroatoms. The third-order valence-corrected chi connectivity index (χ3v) is 5.56. The summed E-state index contributed by atoms with van der Waals surface area (Å²) in [5.74, 6) is 2.17. The summed E-state index contributed by atoms with van der Waals surface area (Å²) in [7, 11) is 1.76. The zero-order valence-electron chi connectivity index (χ0n) is 13.0. The molecule has 3 rings (SSSR count). The maximum atomic E-state index is 9.46. The Morgan fingerprint density at radius 2 is 2.10 bits per heavy atom. The Morgan fingerprint density at radius 3 is 2.71 bits per heavy atom. The second kappa shape index (κ2) is 6.37. The highest BCUT2D eigenvalue weighted by molar-refractivity contribution is 5.27. The maximum Gasteiger partial charge on any atom is 0.115 e. The van der Waals surface area contributed by atoms with Gasteiger partial charge in [-0.2, -0.15) is 0 Å². The van der Waals surface area contributed by atoms with Gasteiger partial charge in [0.1, 0.15) is 5.75 Å². The molecule has 0 heterocycles. The first-order valence-electron chi connectivity index (χ1n) is 8.19. The molecule has 2 aliphatic carbocycles. The van der Waals surface area contributed by atoms with E-state index >= 15 is 0 Å². The van der Waals surface area contributed by atoms with Crippen molar-refractivity contribution in [2.75, 3.05) is 26.8 Å². The summed E-state index contributed by atoms with van der Waals surface area (Å²) in [6.45, 7) is 2.81. The standard InChI is InChI=1S/C18H27NO2/c1-21-9-8-19-13-18(12-15-2-5-16(18)10-15)11-14-3-6-17(20)7-4-14/h3-4,6-7,15-16,19-20H,2,5,8-13H2,1H3. The highest BCUT2D eigenvalue weighted by Gasteiger charge is 2.50. The van der Waals surface area contributed by atoms with Gasteiger partial charge >= 0.3 is 0 Å². The third kappa shape index (κ3) is 3.24. The van der Waals surface area contributed by atoms with Crippen LogP contribution in [-0.2, 0) is 11.2 Å². The molecule has 0 amide bonds. The van der Waals surface area contributed by atoms with E-state index < -0.39 is 0 Å². The first kappa shape index (κ1) is 14.9.